The van der Waals surface area contributed by atoms with E-state index in [0.29, 0.717) is 0 Å². The van der Waals surface area contributed by atoms with Crippen molar-refractivity contribution in [3.8, 4) is 5.75 Å². The lowest BCUT2D eigenvalue weighted by Crippen LogP contribution is -2.45. The first-order valence-corrected chi connectivity index (χ1v) is 8.16. The maximum Gasteiger partial charge on any atom is 0.119 e. The van der Waals surface area contributed by atoms with Gasteiger partial charge in [-0.2, -0.15) is 0 Å². The molecule has 0 saturated carbocycles. The molecule has 2 heterocycles. The molecule has 1 unspecified atom stereocenters. The fraction of sp³-hybridized carbons (Fsp3) is 0.438. The second-order valence-corrected chi connectivity index (χ2v) is 6.18. The molecule has 1 aliphatic heterocycles. The Kier molecular flexibility index (Phi) is 4.53. The molecule has 0 spiro atoms. The Morgan fingerprint density at radius 3 is 2.81 bits per heavy atom. The van der Waals surface area contributed by atoms with E-state index in [1.165, 1.54) is 10.6 Å². The number of benzene rings is 1. The molecular weight excluding hydrogens is 282 g/mol. The lowest BCUT2D eigenvalue weighted by Gasteiger charge is -2.34. The molecule has 0 amide bonds. The van der Waals surface area contributed by atoms with E-state index in [-0.39, 0.29) is 6.04 Å². The zero-order valence-electron chi connectivity index (χ0n) is 12.5. The minimum absolute atomic E-state index is 0.223. The molecule has 1 aliphatic rings. The number of piperazine rings is 1. The minimum Gasteiger partial charge on any atom is -0.497 e. The first-order chi connectivity index (χ1) is 10.3. The minimum atomic E-state index is 0.223. The van der Waals surface area contributed by atoms with Gasteiger partial charge in [-0.1, -0.05) is 12.1 Å². The van der Waals surface area contributed by atoms with Crippen molar-refractivity contribution in [2.75, 3.05) is 33.3 Å². The Hall–Kier alpha value is -1.43. The fourth-order valence-corrected chi connectivity index (χ4v) is 3.71. The second-order valence-electron chi connectivity index (χ2n) is 5.29. The normalized spacial score (nSPS) is 17.6. The zero-order chi connectivity index (χ0) is 14.7. The van der Waals surface area contributed by atoms with Crippen LogP contribution < -0.4 is 10.1 Å². The molecule has 1 aromatic carbocycles. The summed E-state index contributed by atoms with van der Waals surface area (Å²) in [4.78, 5) is 7.24. The van der Waals surface area contributed by atoms with Gasteiger partial charge in [0.05, 0.1) is 13.2 Å². The Morgan fingerprint density at radius 1 is 1.33 bits per heavy atom. The van der Waals surface area contributed by atoms with Gasteiger partial charge in [-0.15, -0.1) is 11.3 Å². The predicted octanol–water partition coefficient (Wildman–Crippen LogP) is 2.45. The molecule has 2 aromatic rings. The summed E-state index contributed by atoms with van der Waals surface area (Å²) in [5, 5.41) is 6.72. The van der Waals surface area contributed by atoms with Crippen molar-refractivity contribution in [3.05, 3.63) is 45.9 Å². The van der Waals surface area contributed by atoms with Gasteiger partial charge in [0.15, 0.2) is 0 Å². The molecule has 112 valence electrons. The Bertz CT molecular complexity index is 593. The number of methoxy groups -OCH3 is 1. The standard InChI is InChI=1S/C16H21N3OS/c1-12-11-21-16(18-12)15(19-8-6-17-7-9-19)13-4-3-5-14(10-13)20-2/h3-5,10-11,15,17H,6-9H2,1-2H3. The van der Waals surface area contributed by atoms with Crippen LogP contribution in [0.25, 0.3) is 0 Å². The van der Waals surface area contributed by atoms with Crippen molar-refractivity contribution in [1.29, 1.82) is 0 Å². The molecule has 1 atom stereocenters. The van der Waals surface area contributed by atoms with Crippen LogP contribution in [0.5, 0.6) is 5.75 Å². The van der Waals surface area contributed by atoms with E-state index in [1.807, 2.05) is 6.07 Å². The molecule has 0 radical (unpaired) electrons. The Labute approximate surface area is 129 Å². The largest absolute Gasteiger partial charge is 0.497 e. The monoisotopic (exact) mass is 303 g/mol. The molecular formula is C16H21N3OS. The average Bonchev–Trinajstić information content (AvgIpc) is 2.95. The number of nitrogens with one attached hydrogen (secondary N) is 1. The Morgan fingerprint density at radius 2 is 2.14 bits per heavy atom. The number of ether oxygens (including phenoxy) is 1. The molecule has 0 bridgehead atoms. The highest BCUT2D eigenvalue weighted by Gasteiger charge is 2.26. The number of hydrogen-bond donors (Lipinski definition) is 1. The third-order valence-electron chi connectivity index (χ3n) is 3.80. The maximum atomic E-state index is 5.39. The van der Waals surface area contributed by atoms with Gasteiger partial charge in [-0.05, 0) is 24.6 Å². The van der Waals surface area contributed by atoms with E-state index < -0.39 is 0 Å². The van der Waals surface area contributed by atoms with Crippen LogP contribution in [0.15, 0.2) is 29.6 Å². The van der Waals surface area contributed by atoms with Crippen LogP contribution in [0.4, 0.5) is 0 Å². The number of aromatic nitrogens is 1. The summed E-state index contributed by atoms with van der Waals surface area (Å²) in [5.41, 5.74) is 2.35. The van der Waals surface area contributed by atoms with Crippen LogP contribution in [-0.4, -0.2) is 43.2 Å². The predicted molar refractivity (Wildman–Crippen MR) is 86.1 cm³/mol. The summed E-state index contributed by atoms with van der Waals surface area (Å²) in [6.45, 7) is 6.21. The van der Waals surface area contributed by atoms with E-state index >= 15 is 0 Å². The highest BCUT2D eigenvalue weighted by molar-refractivity contribution is 7.09. The first-order valence-electron chi connectivity index (χ1n) is 7.28. The number of nitrogens with zero attached hydrogens (tertiary/aromatic N) is 2. The van der Waals surface area contributed by atoms with Gasteiger partial charge in [-0.3, -0.25) is 4.90 Å². The first kappa shape index (κ1) is 14.5. The van der Waals surface area contributed by atoms with Gasteiger partial charge >= 0.3 is 0 Å². The van der Waals surface area contributed by atoms with Crippen LogP contribution in [0.2, 0.25) is 0 Å². The maximum absolute atomic E-state index is 5.39. The Balaban J connectivity index is 1.97. The van der Waals surface area contributed by atoms with Crippen LogP contribution in [0.3, 0.4) is 0 Å². The molecule has 4 nitrogen and oxygen atoms in total. The smallest absolute Gasteiger partial charge is 0.119 e. The van der Waals surface area contributed by atoms with Crippen molar-refractivity contribution in [3.63, 3.8) is 0 Å². The molecule has 0 aliphatic carbocycles. The average molecular weight is 303 g/mol. The molecule has 5 heteroatoms. The summed E-state index contributed by atoms with van der Waals surface area (Å²) in [5.74, 6) is 0.904. The van der Waals surface area contributed by atoms with Gasteiger partial charge in [0.25, 0.3) is 0 Å². The summed E-state index contributed by atoms with van der Waals surface area (Å²) in [6, 6.07) is 8.57. The summed E-state index contributed by atoms with van der Waals surface area (Å²) < 4.78 is 5.39. The lowest BCUT2D eigenvalue weighted by atomic mass is 10.0. The van der Waals surface area contributed by atoms with Gasteiger partial charge in [0.1, 0.15) is 10.8 Å². The molecule has 1 aromatic heterocycles. The lowest BCUT2D eigenvalue weighted by molar-refractivity contribution is 0.198. The van der Waals surface area contributed by atoms with Gasteiger partial charge in [0.2, 0.25) is 0 Å². The van der Waals surface area contributed by atoms with Crippen LogP contribution in [0, 0.1) is 6.92 Å². The molecule has 21 heavy (non-hydrogen) atoms. The third kappa shape index (κ3) is 3.26. The quantitative estimate of drug-likeness (QED) is 0.941. The van der Waals surface area contributed by atoms with Crippen molar-refractivity contribution in [1.82, 2.24) is 15.2 Å². The number of rotatable bonds is 4. The SMILES string of the molecule is COc1cccc(C(c2nc(C)cs2)N2CCNCC2)c1. The van der Waals surface area contributed by atoms with Gasteiger partial charge in [0, 0.05) is 37.3 Å². The van der Waals surface area contributed by atoms with E-state index in [1.54, 1.807) is 18.4 Å². The number of aryl methyl sites for hydroxylation is 1. The topological polar surface area (TPSA) is 37.4 Å². The van der Waals surface area contributed by atoms with E-state index in [0.717, 1.165) is 37.6 Å². The van der Waals surface area contributed by atoms with Gasteiger partial charge < -0.3 is 10.1 Å². The number of hydrogen-bond acceptors (Lipinski definition) is 5. The highest BCUT2D eigenvalue weighted by Crippen LogP contribution is 2.32. The molecule has 1 fully saturated rings. The van der Waals surface area contributed by atoms with E-state index in [2.05, 4.69) is 40.7 Å². The van der Waals surface area contributed by atoms with Crippen LogP contribution in [-0.2, 0) is 0 Å². The highest BCUT2D eigenvalue weighted by atomic mass is 32.1. The van der Waals surface area contributed by atoms with E-state index in [9.17, 15) is 0 Å². The summed E-state index contributed by atoms with van der Waals surface area (Å²) >= 11 is 1.75. The van der Waals surface area contributed by atoms with Crippen molar-refractivity contribution in [2.24, 2.45) is 0 Å². The second kappa shape index (κ2) is 6.56. The molecule has 1 N–H and O–H groups in total. The van der Waals surface area contributed by atoms with Crippen molar-refractivity contribution < 1.29 is 4.74 Å². The summed E-state index contributed by atoms with van der Waals surface area (Å²) in [6.07, 6.45) is 0. The fourth-order valence-electron chi connectivity index (χ4n) is 2.76. The number of thiazole rings is 1. The van der Waals surface area contributed by atoms with E-state index in [4.69, 9.17) is 9.72 Å². The summed E-state index contributed by atoms with van der Waals surface area (Å²) in [7, 11) is 1.71. The van der Waals surface area contributed by atoms with Gasteiger partial charge in [-0.25, -0.2) is 4.98 Å². The van der Waals surface area contributed by atoms with Crippen LogP contribution in [0.1, 0.15) is 22.3 Å². The molecule has 3 rings (SSSR count). The third-order valence-corrected chi connectivity index (χ3v) is 4.81. The zero-order valence-corrected chi connectivity index (χ0v) is 13.3. The van der Waals surface area contributed by atoms with Crippen LogP contribution >= 0.6 is 11.3 Å². The van der Waals surface area contributed by atoms with Crippen molar-refractivity contribution >= 4 is 11.3 Å². The van der Waals surface area contributed by atoms with Crippen molar-refractivity contribution in [2.45, 2.75) is 13.0 Å². The molecule has 1 saturated heterocycles.